The highest BCUT2D eigenvalue weighted by Gasteiger charge is 2.58. The van der Waals surface area contributed by atoms with Crippen molar-refractivity contribution in [2.24, 2.45) is 22.7 Å². The van der Waals surface area contributed by atoms with Crippen molar-refractivity contribution < 1.29 is 0 Å². The van der Waals surface area contributed by atoms with Crippen LogP contribution in [0, 0.1) is 22.7 Å². The standard InChI is InChI=1S/C12H22/c1-9(11(2,3)4)12(7-8-12)10-5-6-10/h9-10H,5-8H2,1-4H3/t9-/m1/s1. The fourth-order valence-electron chi connectivity index (χ4n) is 2.86. The van der Waals surface area contributed by atoms with E-state index in [1.165, 1.54) is 25.7 Å². The molecule has 0 nitrogen and oxygen atoms in total. The smallest absolute Gasteiger partial charge is 0.0238 e. The van der Waals surface area contributed by atoms with Gasteiger partial charge in [-0.3, -0.25) is 0 Å². The molecule has 0 spiro atoms. The molecule has 2 aliphatic carbocycles. The average molecular weight is 166 g/mol. The molecule has 2 rings (SSSR count). The Morgan fingerprint density at radius 2 is 1.67 bits per heavy atom. The molecule has 0 N–H and O–H groups in total. The molecule has 2 saturated carbocycles. The van der Waals surface area contributed by atoms with Crippen LogP contribution in [0.2, 0.25) is 0 Å². The molecule has 0 aromatic carbocycles. The predicted octanol–water partition coefficient (Wildman–Crippen LogP) is 3.86. The first-order valence-corrected chi connectivity index (χ1v) is 5.47. The van der Waals surface area contributed by atoms with Gasteiger partial charge < -0.3 is 0 Å². The zero-order valence-electron chi connectivity index (χ0n) is 8.98. The van der Waals surface area contributed by atoms with Gasteiger partial charge in [-0.1, -0.05) is 27.7 Å². The maximum Gasteiger partial charge on any atom is -0.0238 e. The average Bonchev–Trinajstić information content (AvgIpc) is 2.78. The van der Waals surface area contributed by atoms with Gasteiger partial charge in [-0.2, -0.15) is 0 Å². The minimum Gasteiger partial charge on any atom is -0.0615 e. The Kier molecular flexibility index (Phi) is 1.63. The first-order chi connectivity index (χ1) is 5.47. The van der Waals surface area contributed by atoms with Crippen molar-refractivity contribution in [2.45, 2.75) is 53.4 Å². The highest BCUT2D eigenvalue weighted by Crippen LogP contribution is 2.68. The van der Waals surface area contributed by atoms with Crippen molar-refractivity contribution in [3.8, 4) is 0 Å². The Balaban J connectivity index is 2.07. The molecule has 0 aliphatic heterocycles. The van der Waals surface area contributed by atoms with Crippen LogP contribution < -0.4 is 0 Å². The van der Waals surface area contributed by atoms with Crippen LogP contribution in [0.5, 0.6) is 0 Å². The van der Waals surface area contributed by atoms with Gasteiger partial charge in [0, 0.05) is 0 Å². The quantitative estimate of drug-likeness (QED) is 0.584. The molecule has 0 radical (unpaired) electrons. The lowest BCUT2D eigenvalue weighted by atomic mass is 9.70. The van der Waals surface area contributed by atoms with E-state index in [2.05, 4.69) is 27.7 Å². The molecule has 70 valence electrons. The summed E-state index contributed by atoms with van der Waals surface area (Å²) in [5.41, 5.74) is 1.33. The Bertz CT molecular complexity index is 177. The minimum absolute atomic E-state index is 0.527. The zero-order chi connectivity index (χ0) is 8.98. The van der Waals surface area contributed by atoms with Crippen LogP contribution in [0.1, 0.15) is 53.4 Å². The van der Waals surface area contributed by atoms with Crippen LogP contribution in [-0.2, 0) is 0 Å². The van der Waals surface area contributed by atoms with Crippen molar-refractivity contribution in [3.05, 3.63) is 0 Å². The van der Waals surface area contributed by atoms with E-state index in [-0.39, 0.29) is 0 Å². The van der Waals surface area contributed by atoms with Crippen LogP contribution >= 0.6 is 0 Å². The summed E-state index contributed by atoms with van der Waals surface area (Å²) < 4.78 is 0. The Hall–Kier alpha value is 0. The van der Waals surface area contributed by atoms with Crippen molar-refractivity contribution in [1.82, 2.24) is 0 Å². The molecular weight excluding hydrogens is 144 g/mol. The lowest BCUT2D eigenvalue weighted by Crippen LogP contribution is -2.28. The maximum atomic E-state index is 2.48. The molecular formula is C12H22. The minimum atomic E-state index is 0.527. The van der Waals surface area contributed by atoms with Crippen molar-refractivity contribution in [3.63, 3.8) is 0 Å². The van der Waals surface area contributed by atoms with Crippen LogP contribution in [0.25, 0.3) is 0 Å². The van der Waals surface area contributed by atoms with E-state index in [0.29, 0.717) is 5.41 Å². The molecule has 0 unspecified atom stereocenters. The van der Waals surface area contributed by atoms with Crippen molar-refractivity contribution in [2.75, 3.05) is 0 Å². The number of rotatable bonds is 2. The molecule has 1 atom stereocenters. The summed E-state index contributed by atoms with van der Waals surface area (Å²) in [5, 5.41) is 0. The van der Waals surface area contributed by atoms with E-state index < -0.39 is 0 Å². The van der Waals surface area contributed by atoms with Gasteiger partial charge in [-0.15, -0.1) is 0 Å². The van der Waals surface area contributed by atoms with E-state index in [4.69, 9.17) is 0 Å². The van der Waals surface area contributed by atoms with Gasteiger partial charge in [0.1, 0.15) is 0 Å². The predicted molar refractivity (Wildman–Crippen MR) is 53.0 cm³/mol. The van der Waals surface area contributed by atoms with Crippen molar-refractivity contribution in [1.29, 1.82) is 0 Å². The molecule has 0 saturated heterocycles. The molecule has 0 aromatic heterocycles. The fraction of sp³-hybridized carbons (Fsp3) is 1.00. The summed E-state index contributed by atoms with van der Waals surface area (Å²) in [5.74, 6) is 2.05. The second kappa shape index (κ2) is 2.27. The lowest BCUT2D eigenvalue weighted by Gasteiger charge is -2.35. The van der Waals surface area contributed by atoms with E-state index >= 15 is 0 Å². The number of hydrogen-bond donors (Lipinski definition) is 0. The van der Waals surface area contributed by atoms with Gasteiger partial charge in [-0.05, 0) is 48.3 Å². The summed E-state index contributed by atoms with van der Waals surface area (Å²) in [6, 6.07) is 0. The van der Waals surface area contributed by atoms with Crippen LogP contribution in [0.4, 0.5) is 0 Å². The molecule has 0 aromatic rings. The summed E-state index contributed by atoms with van der Waals surface area (Å²) in [7, 11) is 0. The third-order valence-electron chi connectivity index (χ3n) is 4.38. The SMILES string of the molecule is C[C@H](C(C)(C)C)C1(C2CC2)CC1. The topological polar surface area (TPSA) is 0 Å². The normalized spacial score (nSPS) is 30.0. The molecule has 0 amide bonds. The second-order valence-electron chi connectivity index (χ2n) is 6.10. The van der Waals surface area contributed by atoms with Gasteiger partial charge in [0.25, 0.3) is 0 Å². The first kappa shape index (κ1) is 8.59. The Morgan fingerprint density at radius 1 is 1.17 bits per heavy atom. The van der Waals surface area contributed by atoms with Gasteiger partial charge >= 0.3 is 0 Å². The third kappa shape index (κ3) is 1.20. The molecule has 0 bridgehead atoms. The maximum absolute atomic E-state index is 2.48. The van der Waals surface area contributed by atoms with Gasteiger partial charge in [0.05, 0.1) is 0 Å². The van der Waals surface area contributed by atoms with Gasteiger partial charge in [0.15, 0.2) is 0 Å². The van der Waals surface area contributed by atoms with Crippen LogP contribution in [-0.4, -0.2) is 0 Å². The largest absolute Gasteiger partial charge is 0.0615 e. The number of hydrogen-bond acceptors (Lipinski definition) is 0. The monoisotopic (exact) mass is 166 g/mol. The first-order valence-electron chi connectivity index (χ1n) is 5.47. The van der Waals surface area contributed by atoms with E-state index in [9.17, 15) is 0 Å². The van der Waals surface area contributed by atoms with Gasteiger partial charge in [-0.25, -0.2) is 0 Å². The Morgan fingerprint density at radius 3 is 1.92 bits per heavy atom. The highest BCUT2D eigenvalue weighted by atomic mass is 14.6. The fourth-order valence-corrected chi connectivity index (χ4v) is 2.86. The highest BCUT2D eigenvalue weighted by molar-refractivity contribution is 5.08. The molecule has 12 heavy (non-hydrogen) atoms. The summed E-state index contributed by atoms with van der Waals surface area (Å²) in [4.78, 5) is 0. The lowest BCUT2D eigenvalue weighted by molar-refractivity contribution is 0.139. The van der Waals surface area contributed by atoms with Crippen LogP contribution in [0.3, 0.4) is 0 Å². The van der Waals surface area contributed by atoms with Crippen molar-refractivity contribution >= 4 is 0 Å². The zero-order valence-corrected chi connectivity index (χ0v) is 8.98. The molecule has 2 fully saturated rings. The molecule has 2 aliphatic rings. The summed E-state index contributed by atoms with van der Waals surface area (Å²) >= 11 is 0. The van der Waals surface area contributed by atoms with Crippen LogP contribution in [0.15, 0.2) is 0 Å². The summed E-state index contributed by atoms with van der Waals surface area (Å²) in [6.45, 7) is 9.69. The second-order valence-corrected chi connectivity index (χ2v) is 6.10. The Labute approximate surface area is 76.7 Å². The van der Waals surface area contributed by atoms with Gasteiger partial charge in [0.2, 0.25) is 0 Å². The van der Waals surface area contributed by atoms with E-state index in [0.717, 1.165) is 17.3 Å². The summed E-state index contributed by atoms with van der Waals surface area (Å²) in [6.07, 6.45) is 6.10. The van der Waals surface area contributed by atoms with E-state index in [1.807, 2.05) is 0 Å². The third-order valence-corrected chi connectivity index (χ3v) is 4.38. The molecule has 0 heterocycles. The molecule has 0 heteroatoms. The van der Waals surface area contributed by atoms with E-state index in [1.54, 1.807) is 0 Å².